The number of hydrogen-bond donors (Lipinski definition) is 1. The van der Waals surface area contributed by atoms with Crippen LogP contribution in [-0.2, 0) is 19.1 Å². The fraction of sp³-hybridized carbons (Fsp3) is 0.471. The highest BCUT2D eigenvalue weighted by Crippen LogP contribution is 2.19. The third-order valence-electron chi connectivity index (χ3n) is 3.47. The van der Waals surface area contributed by atoms with Crippen LogP contribution in [0.25, 0.3) is 0 Å². The molecule has 0 aliphatic rings. The average Bonchev–Trinajstić information content (AvgIpc) is 2.58. The molecule has 0 unspecified atom stereocenters. The number of nitro benzene ring substituents is 1. The number of esters is 2. The molecular weight excluding hydrogens is 344 g/mol. The monoisotopic (exact) mass is 366 g/mol. The second-order valence-electron chi connectivity index (χ2n) is 5.38. The van der Waals surface area contributed by atoms with Gasteiger partial charge in [0.2, 0.25) is 0 Å². The van der Waals surface area contributed by atoms with Crippen LogP contribution in [0.5, 0.6) is 0 Å². The number of carbonyl (C=O) groups is 3. The quantitative estimate of drug-likeness (QED) is 0.402. The first-order valence-electron chi connectivity index (χ1n) is 8.18. The molecule has 1 rings (SSSR count). The van der Waals surface area contributed by atoms with E-state index in [1.54, 1.807) is 13.8 Å². The summed E-state index contributed by atoms with van der Waals surface area (Å²) >= 11 is 0. The Kier molecular flexibility index (Phi) is 8.20. The minimum absolute atomic E-state index is 0.0232. The molecule has 0 bridgehead atoms. The van der Waals surface area contributed by atoms with Crippen LogP contribution in [0.1, 0.15) is 42.6 Å². The standard InChI is InChI=1S/C17H22N2O7/c1-4-25-15(20)9-7-13(17(22)26-5-2)18-16(21)12-6-8-14(19(23)24)11(3)10-12/h6,8,10,13H,4-5,7,9H2,1-3H3,(H,18,21)/t13-/m1/s1. The van der Waals surface area contributed by atoms with Crippen molar-refractivity contribution >= 4 is 23.5 Å². The van der Waals surface area contributed by atoms with E-state index in [9.17, 15) is 24.5 Å². The lowest BCUT2D eigenvalue weighted by Crippen LogP contribution is -2.42. The Hall–Kier alpha value is -2.97. The van der Waals surface area contributed by atoms with E-state index in [-0.39, 0.29) is 37.3 Å². The second kappa shape index (κ2) is 10.1. The number of aryl methyl sites for hydroxylation is 1. The minimum atomic E-state index is -1.03. The summed E-state index contributed by atoms with van der Waals surface area (Å²) in [5.41, 5.74) is 0.381. The lowest BCUT2D eigenvalue weighted by molar-refractivity contribution is -0.385. The van der Waals surface area contributed by atoms with Gasteiger partial charge in [0.1, 0.15) is 6.04 Å². The van der Waals surface area contributed by atoms with E-state index in [0.717, 1.165) is 0 Å². The van der Waals surface area contributed by atoms with E-state index < -0.39 is 28.8 Å². The van der Waals surface area contributed by atoms with Crippen molar-refractivity contribution in [2.75, 3.05) is 13.2 Å². The molecule has 0 saturated heterocycles. The van der Waals surface area contributed by atoms with E-state index in [1.165, 1.54) is 25.1 Å². The Morgan fingerprint density at radius 2 is 1.85 bits per heavy atom. The lowest BCUT2D eigenvalue weighted by atomic mass is 10.1. The zero-order chi connectivity index (χ0) is 19.7. The number of nitrogens with one attached hydrogen (secondary N) is 1. The normalized spacial score (nSPS) is 11.3. The van der Waals surface area contributed by atoms with Gasteiger partial charge in [0.05, 0.1) is 18.1 Å². The van der Waals surface area contributed by atoms with Crippen LogP contribution in [0.4, 0.5) is 5.69 Å². The fourth-order valence-corrected chi connectivity index (χ4v) is 2.23. The maximum atomic E-state index is 12.4. The predicted octanol–water partition coefficient (Wildman–Crippen LogP) is 1.91. The van der Waals surface area contributed by atoms with Crippen LogP contribution in [0, 0.1) is 17.0 Å². The van der Waals surface area contributed by atoms with Crippen molar-refractivity contribution in [3.8, 4) is 0 Å². The summed E-state index contributed by atoms with van der Waals surface area (Å²) in [5.74, 6) is -1.74. The van der Waals surface area contributed by atoms with Crippen molar-refractivity contribution < 1.29 is 28.8 Å². The Morgan fingerprint density at radius 1 is 1.19 bits per heavy atom. The highest BCUT2D eigenvalue weighted by molar-refractivity contribution is 5.97. The van der Waals surface area contributed by atoms with E-state index in [4.69, 9.17) is 9.47 Å². The molecule has 9 nitrogen and oxygen atoms in total. The van der Waals surface area contributed by atoms with Gasteiger partial charge in [-0.1, -0.05) is 0 Å². The first kappa shape index (κ1) is 21.1. The summed E-state index contributed by atoms with van der Waals surface area (Å²) in [5, 5.41) is 13.3. The van der Waals surface area contributed by atoms with Gasteiger partial charge in [-0.05, 0) is 39.3 Å². The number of rotatable bonds is 9. The number of nitro groups is 1. The van der Waals surface area contributed by atoms with Crippen LogP contribution in [0.15, 0.2) is 18.2 Å². The predicted molar refractivity (Wildman–Crippen MR) is 91.6 cm³/mol. The summed E-state index contributed by atoms with van der Waals surface area (Å²) in [6, 6.07) is 2.86. The molecule has 1 aromatic rings. The van der Waals surface area contributed by atoms with Crippen molar-refractivity contribution in [3.63, 3.8) is 0 Å². The van der Waals surface area contributed by atoms with Crippen LogP contribution in [-0.4, -0.2) is 42.0 Å². The van der Waals surface area contributed by atoms with E-state index >= 15 is 0 Å². The molecule has 0 aliphatic heterocycles. The van der Waals surface area contributed by atoms with Crippen LogP contribution in [0.3, 0.4) is 0 Å². The van der Waals surface area contributed by atoms with Gasteiger partial charge < -0.3 is 14.8 Å². The van der Waals surface area contributed by atoms with Gasteiger partial charge in [-0.15, -0.1) is 0 Å². The number of ether oxygens (including phenoxy) is 2. The molecular formula is C17H22N2O7. The third-order valence-corrected chi connectivity index (χ3v) is 3.47. The Labute approximate surface area is 150 Å². The topological polar surface area (TPSA) is 125 Å². The molecule has 9 heteroatoms. The third kappa shape index (κ3) is 6.15. The number of nitrogens with zero attached hydrogens (tertiary/aromatic N) is 1. The zero-order valence-corrected chi connectivity index (χ0v) is 14.9. The van der Waals surface area contributed by atoms with Gasteiger partial charge in [0.25, 0.3) is 11.6 Å². The Morgan fingerprint density at radius 3 is 2.38 bits per heavy atom. The number of amides is 1. The minimum Gasteiger partial charge on any atom is -0.466 e. The van der Waals surface area contributed by atoms with Crippen LogP contribution < -0.4 is 5.32 Å². The van der Waals surface area contributed by atoms with Crippen molar-refractivity contribution in [1.29, 1.82) is 0 Å². The number of hydrogen-bond acceptors (Lipinski definition) is 7. The van der Waals surface area contributed by atoms with Gasteiger partial charge in [-0.25, -0.2) is 4.79 Å². The molecule has 0 spiro atoms. The Balaban J connectivity index is 2.86. The lowest BCUT2D eigenvalue weighted by Gasteiger charge is -2.17. The second-order valence-corrected chi connectivity index (χ2v) is 5.38. The van der Waals surface area contributed by atoms with Crippen LogP contribution >= 0.6 is 0 Å². The van der Waals surface area contributed by atoms with Crippen molar-refractivity contribution in [1.82, 2.24) is 5.32 Å². The molecule has 0 fully saturated rings. The van der Waals surface area contributed by atoms with E-state index in [1.807, 2.05) is 0 Å². The highest BCUT2D eigenvalue weighted by Gasteiger charge is 2.24. The molecule has 1 atom stereocenters. The Bertz CT molecular complexity index is 688. The number of benzene rings is 1. The van der Waals surface area contributed by atoms with E-state index in [2.05, 4.69) is 5.32 Å². The summed E-state index contributed by atoms with van der Waals surface area (Å²) in [7, 11) is 0. The highest BCUT2D eigenvalue weighted by atomic mass is 16.6. The largest absolute Gasteiger partial charge is 0.466 e. The molecule has 0 aliphatic carbocycles. The summed E-state index contributed by atoms with van der Waals surface area (Å²) in [6.07, 6.45) is -0.0355. The first-order chi connectivity index (χ1) is 12.3. The molecule has 1 aromatic carbocycles. The molecule has 0 heterocycles. The van der Waals surface area contributed by atoms with Crippen molar-refractivity contribution in [2.24, 2.45) is 0 Å². The zero-order valence-electron chi connectivity index (χ0n) is 14.9. The summed E-state index contributed by atoms with van der Waals surface area (Å²) < 4.78 is 9.72. The van der Waals surface area contributed by atoms with Gasteiger partial charge in [0.15, 0.2) is 0 Å². The summed E-state index contributed by atoms with van der Waals surface area (Å²) in [4.78, 5) is 46.2. The fourth-order valence-electron chi connectivity index (χ4n) is 2.23. The summed E-state index contributed by atoms with van der Waals surface area (Å²) in [6.45, 7) is 5.15. The van der Waals surface area contributed by atoms with Gasteiger partial charge in [0, 0.05) is 23.6 Å². The van der Waals surface area contributed by atoms with Crippen molar-refractivity contribution in [3.05, 3.63) is 39.4 Å². The van der Waals surface area contributed by atoms with Gasteiger partial charge in [-0.2, -0.15) is 0 Å². The average molecular weight is 366 g/mol. The van der Waals surface area contributed by atoms with Gasteiger partial charge in [-0.3, -0.25) is 19.7 Å². The number of carbonyl (C=O) groups excluding carboxylic acids is 3. The molecule has 0 radical (unpaired) electrons. The molecule has 1 amide bonds. The van der Waals surface area contributed by atoms with Gasteiger partial charge >= 0.3 is 11.9 Å². The molecule has 0 aromatic heterocycles. The first-order valence-corrected chi connectivity index (χ1v) is 8.18. The van der Waals surface area contributed by atoms with Crippen LogP contribution in [0.2, 0.25) is 0 Å². The molecule has 0 saturated carbocycles. The maximum Gasteiger partial charge on any atom is 0.328 e. The smallest absolute Gasteiger partial charge is 0.328 e. The SMILES string of the molecule is CCOC(=O)CC[C@@H](NC(=O)c1ccc([N+](=O)[O-])c(C)c1)C(=O)OCC. The maximum absolute atomic E-state index is 12.4. The van der Waals surface area contributed by atoms with E-state index in [0.29, 0.717) is 5.56 Å². The molecule has 142 valence electrons. The van der Waals surface area contributed by atoms with Crippen molar-refractivity contribution in [2.45, 2.75) is 39.7 Å². The molecule has 1 N–H and O–H groups in total. The molecule has 26 heavy (non-hydrogen) atoms.